The third-order valence-electron chi connectivity index (χ3n) is 5.22. The second-order valence-corrected chi connectivity index (χ2v) is 8.06. The molecule has 1 saturated heterocycles. The molecule has 2 heterocycles. The van der Waals surface area contributed by atoms with Crippen LogP contribution in [-0.2, 0) is 16.0 Å². The summed E-state index contributed by atoms with van der Waals surface area (Å²) in [5.74, 6) is 0.247. The molecular weight excluding hydrogens is 344 g/mol. The zero-order valence-corrected chi connectivity index (χ0v) is 16.5. The highest BCUT2D eigenvalue weighted by atomic mass is 32.1. The van der Waals surface area contributed by atoms with E-state index in [0.717, 1.165) is 12.0 Å². The number of amides is 2. The van der Waals surface area contributed by atoms with Crippen LogP contribution < -0.4 is 0 Å². The van der Waals surface area contributed by atoms with Crippen molar-refractivity contribution < 1.29 is 9.59 Å². The Bertz CT molecular complexity index is 768. The lowest BCUT2D eigenvalue weighted by Gasteiger charge is -2.31. The van der Waals surface area contributed by atoms with E-state index in [1.54, 1.807) is 30.3 Å². The molecule has 1 aromatic heterocycles. The summed E-state index contributed by atoms with van der Waals surface area (Å²) in [6.07, 6.45) is 1.88. The minimum atomic E-state index is -0.516. The molecule has 2 amide bonds. The van der Waals surface area contributed by atoms with Crippen molar-refractivity contribution in [2.45, 2.75) is 26.2 Å². The van der Waals surface area contributed by atoms with Crippen molar-refractivity contribution in [3.05, 3.63) is 46.7 Å². The van der Waals surface area contributed by atoms with E-state index in [-0.39, 0.29) is 11.8 Å². The molecule has 1 aliphatic heterocycles. The summed E-state index contributed by atoms with van der Waals surface area (Å²) in [5, 5.41) is 4.21. The second-order valence-electron chi connectivity index (χ2n) is 7.28. The highest BCUT2D eigenvalue weighted by molar-refractivity contribution is 7.08. The van der Waals surface area contributed by atoms with Crippen molar-refractivity contribution in [2.75, 3.05) is 27.2 Å². The third-order valence-corrected chi connectivity index (χ3v) is 5.90. The molecule has 138 valence electrons. The van der Waals surface area contributed by atoms with Crippen LogP contribution in [0.5, 0.6) is 0 Å². The van der Waals surface area contributed by atoms with Crippen LogP contribution in [0.1, 0.15) is 25.3 Å². The summed E-state index contributed by atoms with van der Waals surface area (Å²) < 4.78 is 0. The normalized spacial score (nSPS) is 19.6. The zero-order chi connectivity index (χ0) is 18.7. The van der Waals surface area contributed by atoms with E-state index in [1.807, 2.05) is 11.8 Å². The van der Waals surface area contributed by atoms with E-state index >= 15 is 0 Å². The first-order valence-corrected chi connectivity index (χ1v) is 10.0. The Morgan fingerprint density at radius 3 is 2.46 bits per heavy atom. The molecule has 0 saturated carbocycles. The summed E-state index contributed by atoms with van der Waals surface area (Å²) in [4.78, 5) is 28.6. The first-order chi connectivity index (χ1) is 12.4. The van der Waals surface area contributed by atoms with Gasteiger partial charge in [0.25, 0.3) is 0 Å². The minimum Gasteiger partial charge on any atom is -0.348 e. The molecule has 0 unspecified atom stereocenters. The Kier molecular flexibility index (Phi) is 5.47. The fraction of sp³-hybridized carbons (Fsp3) is 0.429. The number of nitrogens with zero attached hydrogens (tertiary/aromatic N) is 2. The molecule has 1 atom stereocenters. The number of rotatable bonds is 5. The monoisotopic (exact) mass is 370 g/mol. The van der Waals surface area contributed by atoms with Gasteiger partial charge in [0, 0.05) is 33.6 Å². The number of likely N-dealkylation sites (tertiary alicyclic amines) is 1. The molecule has 3 rings (SSSR count). The van der Waals surface area contributed by atoms with E-state index in [4.69, 9.17) is 0 Å². The van der Waals surface area contributed by atoms with Crippen molar-refractivity contribution in [1.82, 2.24) is 9.80 Å². The molecule has 4 nitrogen and oxygen atoms in total. The number of benzene rings is 1. The van der Waals surface area contributed by atoms with E-state index < -0.39 is 5.41 Å². The van der Waals surface area contributed by atoms with Gasteiger partial charge in [-0.2, -0.15) is 11.3 Å². The maximum absolute atomic E-state index is 13.0. The summed E-state index contributed by atoms with van der Waals surface area (Å²) in [6, 6.07) is 10.6. The van der Waals surface area contributed by atoms with Crippen LogP contribution in [0.15, 0.2) is 41.1 Å². The Morgan fingerprint density at radius 2 is 1.88 bits per heavy atom. The molecule has 0 bridgehead atoms. The molecule has 1 aliphatic rings. The summed E-state index contributed by atoms with van der Waals surface area (Å²) >= 11 is 1.69. The Hall–Kier alpha value is -2.14. The van der Waals surface area contributed by atoms with Crippen LogP contribution in [-0.4, -0.2) is 48.8 Å². The largest absolute Gasteiger partial charge is 0.348 e. The highest BCUT2D eigenvalue weighted by Crippen LogP contribution is 2.36. The predicted molar refractivity (Wildman–Crippen MR) is 106 cm³/mol. The van der Waals surface area contributed by atoms with Gasteiger partial charge in [0.2, 0.25) is 11.8 Å². The van der Waals surface area contributed by atoms with Crippen molar-refractivity contribution >= 4 is 23.2 Å². The quantitative estimate of drug-likeness (QED) is 0.806. The third kappa shape index (κ3) is 3.68. The van der Waals surface area contributed by atoms with Gasteiger partial charge in [-0.25, -0.2) is 0 Å². The molecule has 1 aromatic carbocycles. The van der Waals surface area contributed by atoms with Crippen molar-refractivity contribution in [1.29, 1.82) is 0 Å². The number of carbonyl (C=O) groups is 2. The minimum absolute atomic E-state index is 0.116. The van der Waals surface area contributed by atoms with E-state index in [1.165, 1.54) is 11.1 Å². The van der Waals surface area contributed by atoms with Crippen LogP contribution in [0.4, 0.5) is 0 Å². The standard InChI is InChI=1S/C21H26N2O2S/c1-4-19(24)23-11-10-21(15-23,20(25)22(2)3)13-16-5-7-17(8-6-16)18-9-12-26-14-18/h5-9,12,14H,4,10-11,13,15H2,1-3H3/t21-/m1/s1. The van der Waals surface area contributed by atoms with E-state index in [0.29, 0.717) is 25.9 Å². The maximum Gasteiger partial charge on any atom is 0.230 e. The summed E-state index contributed by atoms with van der Waals surface area (Å²) in [7, 11) is 3.60. The van der Waals surface area contributed by atoms with Gasteiger partial charge in [-0.05, 0) is 46.4 Å². The molecule has 2 aromatic rings. The molecular formula is C21H26N2O2S. The number of thiophene rings is 1. The molecule has 5 heteroatoms. The van der Waals surface area contributed by atoms with Crippen LogP contribution >= 0.6 is 11.3 Å². The Morgan fingerprint density at radius 1 is 1.15 bits per heavy atom. The molecule has 0 radical (unpaired) electrons. The average Bonchev–Trinajstić information content (AvgIpc) is 3.32. The van der Waals surface area contributed by atoms with Crippen LogP contribution in [0.25, 0.3) is 11.1 Å². The summed E-state index contributed by atoms with van der Waals surface area (Å²) in [6.45, 7) is 3.06. The number of carbonyl (C=O) groups excluding carboxylic acids is 2. The summed E-state index contributed by atoms with van der Waals surface area (Å²) in [5.41, 5.74) is 3.04. The van der Waals surface area contributed by atoms with E-state index in [2.05, 4.69) is 41.1 Å². The number of hydrogen-bond acceptors (Lipinski definition) is 3. The van der Waals surface area contributed by atoms with Crippen molar-refractivity contribution in [3.63, 3.8) is 0 Å². The first-order valence-electron chi connectivity index (χ1n) is 9.06. The highest BCUT2D eigenvalue weighted by Gasteiger charge is 2.46. The Balaban J connectivity index is 1.82. The predicted octanol–water partition coefficient (Wildman–Crippen LogP) is 3.67. The van der Waals surface area contributed by atoms with Gasteiger partial charge in [-0.15, -0.1) is 0 Å². The van der Waals surface area contributed by atoms with Gasteiger partial charge in [0.1, 0.15) is 0 Å². The Labute approximate surface area is 159 Å². The molecule has 26 heavy (non-hydrogen) atoms. The fourth-order valence-corrected chi connectivity index (χ4v) is 4.48. The molecule has 1 fully saturated rings. The SMILES string of the molecule is CCC(=O)N1CC[C@](Cc2ccc(-c3ccsc3)cc2)(C(=O)N(C)C)C1. The number of hydrogen-bond donors (Lipinski definition) is 0. The van der Waals surface area contributed by atoms with Gasteiger partial charge in [-0.3, -0.25) is 9.59 Å². The fourth-order valence-electron chi connectivity index (χ4n) is 3.81. The van der Waals surface area contributed by atoms with Crippen LogP contribution in [0.2, 0.25) is 0 Å². The second kappa shape index (κ2) is 7.62. The van der Waals surface area contributed by atoms with Crippen LogP contribution in [0, 0.1) is 5.41 Å². The lowest BCUT2D eigenvalue weighted by Crippen LogP contribution is -2.44. The zero-order valence-electron chi connectivity index (χ0n) is 15.7. The van der Waals surface area contributed by atoms with Crippen LogP contribution in [0.3, 0.4) is 0 Å². The van der Waals surface area contributed by atoms with Gasteiger partial charge in [-0.1, -0.05) is 31.2 Å². The molecule has 0 aliphatic carbocycles. The van der Waals surface area contributed by atoms with Gasteiger partial charge in [0.05, 0.1) is 5.41 Å². The van der Waals surface area contributed by atoms with E-state index in [9.17, 15) is 9.59 Å². The molecule has 0 N–H and O–H groups in total. The lowest BCUT2D eigenvalue weighted by molar-refractivity contribution is -0.139. The molecule has 0 spiro atoms. The van der Waals surface area contributed by atoms with Crippen molar-refractivity contribution in [3.8, 4) is 11.1 Å². The first kappa shape index (κ1) is 18.6. The van der Waals surface area contributed by atoms with Crippen molar-refractivity contribution in [2.24, 2.45) is 5.41 Å². The average molecular weight is 371 g/mol. The topological polar surface area (TPSA) is 40.6 Å². The van der Waals surface area contributed by atoms with Gasteiger partial charge < -0.3 is 9.80 Å². The maximum atomic E-state index is 13.0. The lowest BCUT2D eigenvalue weighted by atomic mass is 9.79. The van der Waals surface area contributed by atoms with Gasteiger partial charge >= 0.3 is 0 Å². The van der Waals surface area contributed by atoms with Gasteiger partial charge in [0.15, 0.2) is 0 Å². The smallest absolute Gasteiger partial charge is 0.230 e.